The third-order valence-electron chi connectivity index (χ3n) is 5.09. The molecule has 1 aliphatic heterocycles. The highest BCUT2D eigenvalue weighted by Crippen LogP contribution is 2.38. The first-order valence-electron chi connectivity index (χ1n) is 9.17. The van der Waals surface area contributed by atoms with Crippen LogP contribution in [0.3, 0.4) is 0 Å². The first-order valence-corrected chi connectivity index (χ1v) is 9.98. The van der Waals surface area contributed by atoms with Crippen molar-refractivity contribution < 1.29 is 9.72 Å². The molecule has 0 spiro atoms. The number of hydrogen-bond acceptors (Lipinski definition) is 8. The zero-order valence-corrected chi connectivity index (χ0v) is 16.4. The largest absolute Gasteiger partial charge is 0.397 e. The maximum Gasteiger partial charge on any atom is 0.269 e. The molecule has 0 atom stereocenters. The van der Waals surface area contributed by atoms with E-state index in [1.54, 1.807) is 18.3 Å². The zero-order valence-electron chi connectivity index (χ0n) is 15.6. The Morgan fingerprint density at radius 3 is 2.48 bits per heavy atom. The summed E-state index contributed by atoms with van der Waals surface area (Å²) in [5.41, 5.74) is 14.0. The summed E-state index contributed by atoms with van der Waals surface area (Å²) in [4.78, 5) is 32.0. The van der Waals surface area contributed by atoms with Gasteiger partial charge in [-0.1, -0.05) is 0 Å². The fraction of sp³-hybridized carbons (Fsp3) is 0.263. The number of rotatable bonds is 4. The number of primary amides is 1. The van der Waals surface area contributed by atoms with Gasteiger partial charge in [0.2, 0.25) is 0 Å². The lowest BCUT2D eigenvalue weighted by Crippen LogP contribution is -2.30. The number of benzene rings is 1. The second kappa shape index (κ2) is 7.55. The molecule has 1 aromatic carbocycles. The van der Waals surface area contributed by atoms with Gasteiger partial charge in [0.15, 0.2) is 0 Å². The van der Waals surface area contributed by atoms with Gasteiger partial charge in [-0.05, 0) is 24.6 Å². The van der Waals surface area contributed by atoms with E-state index in [0.29, 0.717) is 15.4 Å². The Hall–Kier alpha value is -3.40. The second-order valence-electron chi connectivity index (χ2n) is 6.82. The summed E-state index contributed by atoms with van der Waals surface area (Å²) in [6, 6.07) is 8.55. The maximum atomic E-state index is 11.7. The average molecular weight is 412 g/mol. The van der Waals surface area contributed by atoms with Crippen LogP contribution in [-0.2, 0) is 0 Å². The molecule has 0 radical (unpaired) electrons. The SMILES string of the molecule is NC(=O)c1sc2nccc(N3CCCN(c4ccc([N+](=O)[O-])cc4)CC3)c2c1N. The monoisotopic (exact) mass is 412 g/mol. The van der Waals surface area contributed by atoms with Crippen molar-refractivity contribution in [1.82, 2.24) is 4.98 Å². The molecule has 1 saturated heterocycles. The van der Waals surface area contributed by atoms with Crippen LogP contribution in [0.4, 0.5) is 22.7 Å². The van der Waals surface area contributed by atoms with Crippen molar-refractivity contribution in [2.45, 2.75) is 6.42 Å². The smallest absolute Gasteiger partial charge is 0.269 e. The number of amides is 1. The van der Waals surface area contributed by atoms with Crippen molar-refractivity contribution in [3.63, 3.8) is 0 Å². The number of carbonyl (C=O) groups excluding carboxylic acids is 1. The van der Waals surface area contributed by atoms with Crippen molar-refractivity contribution in [2.24, 2.45) is 5.73 Å². The maximum absolute atomic E-state index is 11.7. The molecule has 0 unspecified atom stereocenters. The van der Waals surface area contributed by atoms with Crippen LogP contribution in [0, 0.1) is 10.1 Å². The molecule has 3 aromatic rings. The summed E-state index contributed by atoms with van der Waals surface area (Å²) in [6.07, 6.45) is 2.63. The normalized spacial score (nSPS) is 14.8. The molecular formula is C19H20N6O3S. The average Bonchev–Trinajstić information content (AvgIpc) is 2.89. The molecule has 29 heavy (non-hydrogen) atoms. The number of nitro groups is 1. The minimum atomic E-state index is -0.545. The molecular weight excluding hydrogens is 392 g/mol. The number of fused-ring (bicyclic) bond motifs is 1. The Kier molecular flexibility index (Phi) is 4.93. The summed E-state index contributed by atoms with van der Waals surface area (Å²) in [5, 5.41) is 11.6. The third kappa shape index (κ3) is 3.54. The van der Waals surface area contributed by atoms with Crippen LogP contribution in [0.2, 0.25) is 0 Å². The zero-order chi connectivity index (χ0) is 20.5. The molecule has 4 N–H and O–H groups in total. The quantitative estimate of drug-likeness (QED) is 0.497. The molecule has 1 amide bonds. The summed E-state index contributed by atoms with van der Waals surface area (Å²) >= 11 is 1.21. The van der Waals surface area contributed by atoms with E-state index >= 15 is 0 Å². The van der Waals surface area contributed by atoms with Gasteiger partial charge in [0.1, 0.15) is 9.71 Å². The topological polar surface area (TPSA) is 132 Å². The molecule has 0 aliphatic carbocycles. The van der Waals surface area contributed by atoms with Gasteiger partial charge in [-0.15, -0.1) is 11.3 Å². The van der Waals surface area contributed by atoms with E-state index < -0.39 is 10.8 Å². The van der Waals surface area contributed by atoms with Gasteiger partial charge in [0.05, 0.1) is 21.7 Å². The summed E-state index contributed by atoms with van der Waals surface area (Å²) < 4.78 is 0. The highest BCUT2D eigenvalue weighted by atomic mass is 32.1. The van der Waals surface area contributed by atoms with Crippen molar-refractivity contribution >= 4 is 50.2 Å². The number of non-ortho nitro benzene ring substituents is 1. The van der Waals surface area contributed by atoms with Crippen LogP contribution in [0.1, 0.15) is 16.1 Å². The van der Waals surface area contributed by atoms with Gasteiger partial charge in [-0.3, -0.25) is 14.9 Å². The number of nitrogen functional groups attached to an aromatic ring is 1. The number of thiophene rings is 1. The lowest BCUT2D eigenvalue weighted by atomic mass is 10.2. The van der Waals surface area contributed by atoms with E-state index in [9.17, 15) is 14.9 Å². The minimum Gasteiger partial charge on any atom is -0.397 e. The second-order valence-corrected chi connectivity index (χ2v) is 7.82. The summed E-state index contributed by atoms with van der Waals surface area (Å²) in [5.74, 6) is -0.545. The van der Waals surface area contributed by atoms with E-state index in [1.165, 1.54) is 23.5 Å². The minimum absolute atomic E-state index is 0.0857. The molecule has 10 heteroatoms. The van der Waals surface area contributed by atoms with Crippen LogP contribution in [-0.4, -0.2) is 42.0 Å². The van der Waals surface area contributed by atoms with Crippen LogP contribution in [0.5, 0.6) is 0 Å². The van der Waals surface area contributed by atoms with Gasteiger partial charge in [-0.25, -0.2) is 4.98 Å². The third-order valence-corrected chi connectivity index (χ3v) is 6.22. The van der Waals surface area contributed by atoms with E-state index in [4.69, 9.17) is 11.5 Å². The molecule has 2 aromatic heterocycles. The van der Waals surface area contributed by atoms with Crippen LogP contribution in [0.25, 0.3) is 10.2 Å². The predicted octanol–water partition coefficient (Wildman–Crippen LogP) is 2.60. The Bertz CT molecular complexity index is 1080. The van der Waals surface area contributed by atoms with Crippen LogP contribution >= 0.6 is 11.3 Å². The Morgan fingerprint density at radius 1 is 1.10 bits per heavy atom. The molecule has 0 saturated carbocycles. The molecule has 3 heterocycles. The van der Waals surface area contributed by atoms with Gasteiger partial charge >= 0.3 is 0 Å². The summed E-state index contributed by atoms with van der Waals surface area (Å²) in [6.45, 7) is 3.17. The standard InChI is InChI=1S/C19H20N6O3S/c20-16-15-14(6-7-22-19(15)29-17(16)18(21)26)24-9-1-8-23(10-11-24)12-2-4-13(5-3-12)25(27)28/h2-7H,1,8-11,20H2,(H2,21,26). The number of nitrogens with two attached hydrogens (primary N) is 2. The molecule has 1 fully saturated rings. The van der Waals surface area contributed by atoms with Gasteiger partial charge in [-0.2, -0.15) is 0 Å². The Balaban J connectivity index is 1.59. The first-order chi connectivity index (χ1) is 14.0. The Labute approximate surface area is 170 Å². The number of carbonyl (C=O) groups is 1. The lowest BCUT2D eigenvalue weighted by Gasteiger charge is -2.25. The number of anilines is 3. The molecule has 9 nitrogen and oxygen atoms in total. The van der Waals surface area contributed by atoms with Crippen LogP contribution < -0.4 is 21.3 Å². The van der Waals surface area contributed by atoms with Gasteiger partial charge < -0.3 is 21.3 Å². The van der Waals surface area contributed by atoms with Gasteiger partial charge in [0, 0.05) is 50.2 Å². The number of pyridine rings is 1. The predicted molar refractivity (Wildman–Crippen MR) is 115 cm³/mol. The van der Waals surface area contributed by atoms with E-state index in [2.05, 4.69) is 14.8 Å². The first kappa shape index (κ1) is 18.9. The number of nitro benzene ring substituents is 1. The Morgan fingerprint density at radius 2 is 1.79 bits per heavy atom. The lowest BCUT2D eigenvalue weighted by molar-refractivity contribution is -0.384. The summed E-state index contributed by atoms with van der Waals surface area (Å²) in [7, 11) is 0. The van der Waals surface area contributed by atoms with Crippen LogP contribution in [0.15, 0.2) is 36.5 Å². The van der Waals surface area contributed by atoms with E-state index in [-0.39, 0.29) is 5.69 Å². The molecule has 4 rings (SSSR count). The van der Waals surface area contributed by atoms with Crippen molar-refractivity contribution in [3.05, 3.63) is 51.5 Å². The van der Waals surface area contributed by atoms with E-state index in [1.807, 2.05) is 6.07 Å². The fourth-order valence-electron chi connectivity index (χ4n) is 3.68. The fourth-order valence-corrected chi connectivity index (χ4v) is 4.61. The van der Waals surface area contributed by atoms with E-state index in [0.717, 1.165) is 49.4 Å². The molecule has 1 aliphatic rings. The number of hydrogen-bond donors (Lipinski definition) is 2. The van der Waals surface area contributed by atoms with Crippen molar-refractivity contribution in [3.8, 4) is 0 Å². The number of nitrogens with zero attached hydrogens (tertiary/aromatic N) is 4. The molecule has 150 valence electrons. The highest BCUT2D eigenvalue weighted by molar-refractivity contribution is 7.21. The highest BCUT2D eigenvalue weighted by Gasteiger charge is 2.22. The van der Waals surface area contributed by atoms with Gasteiger partial charge in [0.25, 0.3) is 11.6 Å². The van der Waals surface area contributed by atoms with Crippen molar-refractivity contribution in [1.29, 1.82) is 0 Å². The van der Waals surface area contributed by atoms with Crippen molar-refractivity contribution in [2.75, 3.05) is 41.7 Å². The number of aromatic nitrogens is 1. The molecule has 0 bridgehead atoms.